The quantitative estimate of drug-likeness (QED) is 0.667. The predicted molar refractivity (Wildman–Crippen MR) is 108 cm³/mol. The van der Waals surface area contributed by atoms with Crippen molar-refractivity contribution >= 4 is 17.4 Å². The zero-order chi connectivity index (χ0) is 20.1. The Balaban J connectivity index is 1.28. The number of piperidine rings is 1. The second-order valence-electron chi connectivity index (χ2n) is 6.81. The topological polar surface area (TPSA) is 98.1 Å². The molecule has 29 heavy (non-hydrogen) atoms. The van der Waals surface area contributed by atoms with E-state index >= 15 is 0 Å². The first-order valence-electron chi connectivity index (χ1n) is 9.66. The molecule has 2 aromatic heterocycles. The Kier molecular flexibility index (Phi) is 5.99. The van der Waals surface area contributed by atoms with Crippen LogP contribution in [-0.4, -0.2) is 55.8 Å². The highest BCUT2D eigenvalue weighted by Gasteiger charge is 2.25. The molecule has 0 radical (unpaired) electrons. The maximum Gasteiger partial charge on any atom is 0.317 e. The molecule has 0 unspecified atom stereocenters. The minimum atomic E-state index is 0.0327. The normalized spacial score (nSPS) is 14.7. The van der Waals surface area contributed by atoms with Crippen LogP contribution in [0.1, 0.15) is 36.4 Å². The number of nitrogens with zero attached hydrogens (tertiary/aromatic N) is 6. The number of likely N-dealkylation sites (tertiary alicyclic amines) is 1. The molecule has 152 valence electrons. The summed E-state index contributed by atoms with van der Waals surface area (Å²) in [7, 11) is 0. The van der Waals surface area contributed by atoms with E-state index in [4.69, 9.17) is 9.72 Å². The molecule has 1 fully saturated rings. The summed E-state index contributed by atoms with van der Waals surface area (Å²) < 4.78 is 7.45. The molecular weight excluding hydrogens is 390 g/mol. The van der Waals surface area contributed by atoms with Gasteiger partial charge in [0.25, 0.3) is 0 Å². The summed E-state index contributed by atoms with van der Waals surface area (Å²) in [6, 6.07) is 7.62. The van der Waals surface area contributed by atoms with E-state index in [1.807, 2.05) is 36.1 Å². The average Bonchev–Trinajstić information content (AvgIpc) is 3.45. The van der Waals surface area contributed by atoms with Crippen LogP contribution >= 0.6 is 11.3 Å². The number of rotatable bonds is 6. The number of hydrogen-bond donors (Lipinski definition) is 1. The van der Waals surface area contributed by atoms with E-state index in [0.717, 1.165) is 48.1 Å². The number of urea groups is 1. The Hall–Kier alpha value is -3.01. The van der Waals surface area contributed by atoms with Crippen LogP contribution in [0.25, 0.3) is 5.69 Å². The van der Waals surface area contributed by atoms with Gasteiger partial charge in [0.1, 0.15) is 18.7 Å². The highest BCUT2D eigenvalue weighted by molar-refractivity contribution is 7.09. The van der Waals surface area contributed by atoms with E-state index in [2.05, 4.69) is 26.2 Å². The first-order valence-corrected chi connectivity index (χ1v) is 10.5. The van der Waals surface area contributed by atoms with Crippen molar-refractivity contribution in [3.63, 3.8) is 0 Å². The summed E-state index contributed by atoms with van der Waals surface area (Å²) in [5.74, 6) is 1.18. The molecule has 0 aliphatic carbocycles. The second-order valence-corrected chi connectivity index (χ2v) is 7.70. The van der Waals surface area contributed by atoms with Gasteiger partial charge in [-0.2, -0.15) is 0 Å². The van der Waals surface area contributed by atoms with Gasteiger partial charge in [-0.15, -0.1) is 16.4 Å². The fourth-order valence-electron chi connectivity index (χ4n) is 3.30. The van der Waals surface area contributed by atoms with Crippen molar-refractivity contribution < 1.29 is 9.53 Å². The van der Waals surface area contributed by atoms with E-state index in [0.29, 0.717) is 19.1 Å². The smallest absolute Gasteiger partial charge is 0.317 e. The molecule has 0 spiro atoms. The number of nitrogens with one attached hydrogen (secondary N) is 1. The number of hydrogen-bond acceptors (Lipinski definition) is 7. The van der Waals surface area contributed by atoms with E-state index < -0.39 is 0 Å². The lowest BCUT2D eigenvalue weighted by Gasteiger charge is -2.31. The van der Waals surface area contributed by atoms with Crippen LogP contribution in [0.4, 0.5) is 4.79 Å². The molecule has 1 aromatic carbocycles. The van der Waals surface area contributed by atoms with E-state index in [9.17, 15) is 4.79 Å². The highest BCUT2D eigenvalue weighted by atomic mass is 32.1. The Morgan fingerprint density at radius 1 is 1.28 bits per heavy atom. The zero-order valence-corrected chi connectivity index (χ0v) is 17.0. The van der Waals surface area contributed by atoms with Gasteiger partial charge in [0.2, 0.25) is 0 Å². The molecule has 1 saturated heterocycles. The van der Waals surface area contributed by atoms with E-state index in [1.165, 1.54) is 0 Å². The van der Waals surface area contributed by atoms with Crippen LogP contribution in [0.2, 0.25) is 0 Å². The molecule has 0 bridgehead atoms. The van der Waals surface area contributed by atoms with Gasteiger partial charge < -0.3 is 15.0 Å². The average molecular weight is 414 g/mol. The van der Waals surface area contributed by atoms with Gasteiger partial charge in [0.15, 0.2) is 0 Å². The lowest BCUT2D eigenvalue weighted by atomic mass is 9.98. The summed E-state index contributed by atoms with van der Waals surface area (Å²) in [5, 5.41) is 17.2. The lowest BCUT2D eigenvalue weighted by molar-refractivity contribution is 0.182. The molecule has 1 aliphatic heterocycles. The molecule has 3 heterocycles. The molecule has 9 nitrogen and oxygen atoms in total. The van der Waals surface area contributed by atoms with Gasteiger partial charge in [-0.25, -0.2) is 14.5 Å². The summed E-state index contributed by atoms with van der Waals surface area (Å²) >= 11 is 1.68. The predicted octanol–water partition coefficient (Wildman–Crippen LogP) is 2.61. The van der Waals surface area contributed by atoms with Crippen molar-refractivity contribution in [2.75, 3.05) is 19.6 Å². The van der Waals surface area contributed by atoms with Crippen LogP contribution in [0.5, 0.6) is 5.75 Å². The highest BCUT2D eigenvalue weighted by Crippen LogP contribution is 2.30. The number of benzene rings is 1. The molecular formula is C19H23N7O2S. The Morgan fingerprint density at radius 3 is 2.76 bits per heavy atom. The van der Waals surface area contributed by atoms with Crippen molar-refractivity contribution in [1.29, 1.82) is 0 Å². The van der Waals surface area contributed by atoms with Crippen molar-refractivity contribution in [2.45, 2.75) is 32.3 Å². The van der Waals surface area contributed by atoms with Gasteiger partial charge in [-0.3, -0.25) is 0 Å². The largest absolute Gasteiger partial charge is 0.487 e. The number of tetrazole rings is 1. The Bertz CT molecular complexity index is 918. The number of aromatic nitrogens is 5. The number of thiazole rings is 1. The third-order valence-corrected chi connectivity index (χ3v) is 5.92. The zero-order valence-electron chi connectivity index (χ0n) is 16.2. The summed E-state index contributed by atoms with van der Waals surface area (Å²) in [6.45, 7) is 4.57. The summed E-state index contributed by atoms with van der Waals surface area (Å²) in [6.07, 6.45) is 3.44. The van der Waals surface area contributed by atoms with Gasteiger partial charge in [0, 0.05) is 30.9 Å². The molecule has 4 rings (SSSR count). The van der Waals surface area contributed by atoms with Crippen molar-refractivity contribution in [1.82, 2.24) is 35.4 Å². The molecule has 3 aromatic rings. The number of carbonyl (C=O) groups excluding carboxylic acids is 1. The first-order chi connectivity index (χ1) is 14.2. The minimum absolute atomic E-state index is 0.0327. The number of carbonyl (C=O) groups is 1. The van der Waals surface area contributed by atoms with Crippen molar-refractivity contribution in [3.8, 4) is 11.4 Å². The molecule has 1 N–H and O–H groups in total. The van der Waals surface area contributed by atoms with Crippen LogP contribution in [0.3, 0.4) is 0 Å². The standard InChI is InChI=1S/C19H23N7O2S/c1-2-20-19(27)25-9-7-14(8-10-25)18-22-15(12-29-18)11-28-17-5-3-16(4-6-17)26-13-21-23-24-26/h3-6,12-14H,2,7-11H2,1H3,(H,20,27). The van der Waals surface area contributed by atoms with Crippen LogP contribution in [0, 0.1) is 0 Å². The fourth-order valence-corrected chi connectivity index (χ4v) is 4.28. The molecule has 2 amide bonds. The molecule has 10 heteroatoms. The number of ether oxygens (including phenoxy) is 1. The van der Waals surface area contributed by atoms with Crippen molar-refractivity contribution in [2.24, 2.45) is 0 Å². The molecule has 0 atom stereocenters. The Labute approximate surface area is 172 Å². The first kappa shape index (κ1) is 19.3. The second kappa shape index (κ2) is 8.99. The van der Waals surface area contributed by atoms with Crippen molar-refractivity contribution in [3.05, 3.63) is 46.7 Å². The lowest BCUT2D eigenvalue weighted by Crippen LogP contribution is -2.44. The Morgan fingerprint density at radius 2 is 2.07 bits per heavy atom. The van der Waals surface area contributed by atoms with E-state index in [1.54, 1.807) is 22.3 Å². The van der Waals surface area contributed by atoms with Gasteiger partial charge in [-0.1, -0.05) is 0 Å². The van der Waals surface area contributed by atoms with Crippen LogP contribution < -0.4 is 10.1 Å². The molecule has 1 aliphatic rings. The third kappa shape index (κ3) is 4.70. The molecule has 0 saturated carbocycles. The van der Waals surface area contributed by atoms with E-state index in [-0.39, 0.29) is 6.03 Å². The third-order valence-electron chi connectivity index (χ3n) is 4.87. The van der Waals surface area contributed by atoms with Crippen LogP contribution in [0.15, 0.2) is 36.0 Å². The van der Waals surface area contributed by atoms with Crippen LogP contribution in [-0.2, 0) is 6.61 Å². The summed E-state index contributed by atoms with van der Waals surface area (Å²) in [5.41, 5.74) is 1.80. The van der Waals surface area contributed by atoms with Gasteiger partial charge in [-0.05, 0) is 54.5 Å². The number of amides is 2. The maximum atomic E-state index is 11.9. The summed E-state index contributed by atoms with van der Waals surface area (Å²) in [4.78, 5) is 18.6. The van der Waals surface area contributed by atoms with Gasteiger partial charge in [0.05, 0.1) is 16.4 Å². The maximum absolute atomic E-state index is 11.9. The van der Waals surface area contributed by atoms with Gasteiger partial charge >= 0.3 is 6.03 Å². The monoisotopic (exact) mass is 413 g/mol. The minimum Gasteiger partial charge on any atom is -0.487 e. The SMILES string of the molecule is CCNC(=O)N1CCC(c2nc(COc3ccc(-n4cnnn4)cc3)cs2)CC1. The fraction of sp³-hybridized carbons (Fsp3) is 0.421.